The summed E-state index contributed by atoms with van der Waals surface area (Å²) in [4.78, 5) is 4.31. The van der Waals surface area contributed by atoms with Crippen molar-refractivity contribution in [2.45, 2.75) is 6.92 Å². The van der Waals surface area contributed by atoms with Gasteiger partial charge in [0, 0.05) is 21.7 Å². The largest absolute Gasteiger partial charge is 0.492 e. The fourth-order valence-electron chi connectivity index (χ4n) is 1.46. The van der Waals surface area contributed by atoms with E-state index in [1.54, 1.807) is 6.20 Å². The molecule has 78 valence electrons. The molecule has 0 radical (unpaired) electrons. The van der Waals surface area contributed by atoms with Crippen LogP contribution in [-0.4, -0.2) is 11.6 Å². The normalized spacial score (nSPS) is 10.5. The number of nitrogens with zero attached hydrogens (tertiary/aromatic N) is 1. The maximum Gasteiger partial charge on any atom is 0.145 e. The first kappa shape index (κ1) is 10.2. The predicted molar refractivity (Wildman–Crippen MR) is 65.0 cm³/mol. The number of hydrogen-bond donors (Lipinski definition) is 1. The Kier molecular flexibility index (Phi) is 2.77. The molecule has 0 bridgehead atoms. The van der Waals surface area contributed by atoms with Crippen LogP contribution >= 0.6 is 15.9 Å². The maximum atomic E-state index is 5.87. The van der Waals surface area contributed by atoms with Gasteiger partial charge in [0.2, 0.25) is 0 Å². The molecule has 3 nitrogen and oxygen atoms in total. The second-order valence-electron chi connectivity index (χ2n) is 3.14. The van der Waals surface area contributed by atoms with Crippen LogP contribution in [0.2, 0.25) is 0 Å². The smallest absolute Gasteiger partial charge is 0.145 e. The third kappa shape index (κ3) is 1.90. The molecule has 2 rings (SSSR count). The molecule has 4 heteroatoms. The summed E-state index contributed by atoms with van der Waals surface area (Å²) in [5.41, 5.74) is 7.39. The molecule has 0 amide bonds. The highest BCUT2D eigenvalue weighted by Gasteiger charge is 2.06. The lowest BCUT2D eigenvalue weighted by molar-refractivity contribution is 0.343. The predicted octanol–water partition coefficient (Wildman–Crippen LogP) is 2.98. The first-order valence-corrected chi connectivity index (χ1v) is 5.48. The molecular weight excluding hydrogens is 256 g/mol. The second-order valence-corrected chi connectivity index (χ2v) is 4.05. The monoisotopic (exact) mass is 266 g/mol. The van der Waals surface area contributed by atoms with Crippen molar-refractivity contribution in [1.29, 1.82) is 0 Å². The third-order valence-electron chi connectivity index (χ3n) is 2.11. The molecule has 0 spiro atoms. The maximum absolute atomic E-state index is 5.87. The zero-order valence-corrected chi connectivity index (χ0v) is 9.91. The molecule has 2 aromatic rings. The molecule has 1 heterocycles. The van der Waals surface area contributed by atoms with Crippen LogP contribution in [0.15, 0.2) is 28.9 Å². The van der Waals surface area contributed by atoms with Crippen LogP contribution in [0.4, 0.5) is 5.69 Å². The summed E-state index contributed by atoms with van der Waals surface area (Å²) >= 11 is 3.37. The number of rotatable bonds is 2. The number of aromatic nitrogens is 1. The van der Waals surface area contributed by atoms with Crippen molar-refractivity contribution >= 4 is 32.5 Å². The van der Waals surface area contributed by atoms with E-state index in [4.69, 9.17) is 10.5 Å². The van der Waals surface area contributed by atoms with Crippen molar-refractivity contribution in [3.63, 3.8) is 0 Å². The van der Waals surface area contributed by atoms with Gasteiger partial charge in [-0.05, 0) is 41.1 Å². The average molecular weight is 267 g/mol. The highest BCUT2D eigenvalue weighted by atomic mass is 79.9. The van der Waals surface area contributed by atoms with Crippen LogP contribution in [-0.2, 0) is 0 Å². The quantitative estimate of drug-likeness (QED) is 0.851. The van der Waals surface area contributed by atoms with Crippen molar-refractivity contribution in [1.82, 2.24) is 4.98 Å². The van der Waals surface area contributed by atoms with E-state index in [0.717, 1.165) is 21.1 Å². The number of benzene rings is 1. The molecule has 0 atom stereocenters. The van der Waals surface area contributed by atoms with E-state index >= 15 is 0 Å². The molecular formula is C11H11BrN2O. The Morgan fingerprint density at radius 2 is 2.27 bits per heavy atom. The molecule has 0 aliphatic rings. The van der Waals surface area contributed by atoms with E-state index in [2.05, 4.69) is 20.9 Å². The molecule has 0 saturated heterocycles. The van der Waals surface area contributed by atoms with Crippen LogP contribution in [0, 0.1) is 0 Å². The van der Waals surface area contributed by atoms with E-state index in [1.165, 1.54) is 0 Å². The number of halogens is 1. The Labute approximate surface area is 96.4 Å². The van der Waals surface area contributed by atoms with Gasteiger partial charge in [-0.2, -0.15) is 0 Å². The number of fused-ring (bicyclic) bond motifs is 1. The van der Waals surface area contributed by atoms with Crippen LogP contribution in [0.25, 0.3) is 10.9 Å². The van der Waals surface area contributed by atoms with Gasteiger partial charge in [-0.1, -0.05) is 0 Å². The van der Waals surface area contributed by atoms with Gasteiger partial charge in [0.05, 0.1) is 6.61 Å². The SMILES string of the molecule is CCOc1ccc(N)c2cc(Br)cnc12. The van der Waals surface area contributed by atoms with Crippen molar-refractivity contribution in [2.75, 3.05) is 12.3 Å². The fraction of sp³-hybridized carbons (Fsp3) is 0.182. The fourth-order valence-corrected chi connectivity index (χ4v) is 1.79. The van der Waals surface area contributed by atoms with Gasteiger partial charge in [-0.15, -0.1) is 0 Å². The number of anilines is 1. The minimum Gasteiger partial charge on any atom is -0.492 e. The van der Waals surface area contributed by atoms with Crippen LogP contribution in [0.1, 0.15) is 6.92 Å². The molecule has 1 aromatic carbocycles. The molecule has 15 heavy (non-hydrogen) atoms. The highest BCUT2D eigenvalue weighted by molar-refractivity contribution is 9.10. The molecule has 0 unspecified atom stereocenters. The summed E-state index contributed by atoms with van der Waals surface area (Å²) < 4.78 is 6.39. The minimum absolute atomic E-state index is 0.622. The first-order chi connectivity index (χ1) is 7.22. The van der Waals surface area contributed by atoms with Gasteiger partial charge >= 0.3 is 0 Å². The Bertz CT molecular complexity index is 499. The van der Waals surface area contributed by atoms with E-state index in [0.29, 0.717) is 12.3 Å². The summed E-state index contributed by atoms with van der Waals surface area (Å²) in [7, 11) is 0. The van der Waals surface area contributed by atoms with E-state index in [1.807, 2.05) is 25.1 Å². The number of nitrogen functional groups attached to an aromatic ring is 1. The number of ether oxygens (including phenoxy) is 1. The summed E-state index contributed by atoms with van der Waals surface area (Å²) in [6.45, 7) is 2.57. The van der Waals surface area contributed by atoms with E-state index in [-0.39, 0.29) is 0 Å². The minimum atomic E-state index is 0.622. The van der Waals surface area contributed by atoms with Crippen molar-refractivity contribution in [3.05, 3.63) is 28.9 Å². The molecule has 1 aromatic heterocycles. The van der Waals surface area contributed by atoms with Gasteiger partial charge in [0.15, 0.2) is 0 Å². The topological polar surface area (TPSA) is 48.1 Å². The first-order valence-electron chi connectivity index (χ1n) is 4.69. The zero-order valence-electron chi connectivity index (χ0n) is 8.33. The Morgan fingerprint density at radius 1 is 1.47 bits per heavy atom. The molecule has 0 saturated carbocycles. The number of hydrogen-bond acceptors (Lipinski definition) is 3. The Morgan fingerprint density at radius 3 is 3.00 bits per heavy atom. The van der Waals surface area contributed by atoms with Crippen LogP contribution < -0.4 is 10.5 Å². The van der Waals surface area contributed by atoms with Gasteiger partial charge in [0.1, 0.15) is 11.3 Å². The molecule has 0 fully saturated rings. The average Bonchev–Trinajstić information content (AvgIpc) is 2.23. The zero-order chi connectivity index (χ0) is 10.8. The molecule has 0 aliphatic carbocycles. The van der Waals surface area contributed by atoms with Gasteiger partial charge in [0.25, 0.3) is 0 Å². The van der Waals surface area contributed by atoms with Crippen molar-refractivity contribution in [2.24, 2.45) is 0 Å². The summed E-state index contributed by atoms with van der Waals surface area (Å²) in [6.07, 6.45) is 1.74. The van der Waals surface area contributed by atoms with Crippen molar-refractivity contribution in [3.8, 4) is 5.75 Å². The Balaban J connectivity index is 2.71. The highest BCUT2D eigenvalue weighted by Crippen LogP contribution is 2.30. The van der Waals surface area contributed by atoms with E-state index < -0.39 is 0 Å². The van der Waals surface area contributed by atoms with Gasteiger partial charge in [-0.25, -0.2) is 0 Å². The molecule has 0 aliphatic heterocycles. The Hall–Kier alpha value is -1.29. The summed E-state index contributed by atoms with van der Waals surface area (Å²) in [5.74, 6) is 0.772. The number of nitrogens with two attached hydrogens (primary N) is 1. The third-order valence-corrected chi connectivity index (χ3v) is 2.55. The van der Waals surface area contributed by atoms with Crippen LogP contribution in [0.3, 0.4) is 0 Å². The second kappa shape index (κ2) is 4.06. The summed E-state index contributed by atoms with van der Waals surface area (Å²) in [6, 6.07) is 5.63. The van der Waals surface area contributed by atoms with Crippen molar-refractivity contribution < 1.29 is 4.74 Å². The molecule has 2 N–H and O–H groups in total. The lowest BCUT2D eigenvalue weighted by Crippen LogP contribution is -1.96. The van der Waals surface area contributed by atoms with Gasteiger partial charge in [-0.3, -0.25) is 4.98 Å². The van der Waals surface area contributed by atoms with Gasteiger partial charge < -0.3 is 10.5 Å². The van der Waals surface area contributed by atoms with E-state index in [9.17, 15) is 0 Å². The standard InChI is InChI=1S/C11H11BrN2O/c1-2-15-10-4-3-9(13)8-5-7(12)6-14-11(8)10/h3-6H,2,13H2,1H3. The lowest BCUT2D eigenvalue weighted by Gasteiger charge is -2.08. The lowest BCUT2D eigenvalue weighted by atomic mass is 10.2. The summed E-state index contributed by atoms with van der Waals surface area (Å²) in [5, 5.41) is 0.912. The number of pyridine rings is 1. The van der Waals surface area contributed by atoms with Crippen LogP contribution in [0.5, 0.6) is 5.75 Å².